The molecule has 0 radical (unpaired) electrons. The Morgan fingerprint density at radius 3 is 2.44 bits per heavy atom. The van der Waals surface area contributed by atoms with Crippen molar-refractivity contribution in [2.75, 3.05) is 0 Å². The quantitative estimate of drug-likeness (QED) is 0.248. The van der Waals surface area contributed by atoms with E-state index in [0.29, 0.717) is 5.95 Å². The van der Waals surface area contributed by atoms with Gasteiger partial charge in [0.2, 0.25) is 5.95 Å². The molecule has 0 atom stereocenters. The Kier molecular flexibility index (Phi) is 3.54. The summed E-state index contributed by atoms with van der Waals surface area (Å²) < 4.78 is 4.87. The van der Waals surface area contributed by atoms with Gasteiger partial charge < -0.3 is 0 Å². The fraction of sp³-hybridized carbons (Fsp3) is 0. The van der Waals surface area contributed by atoms with E-state index in [1.165, 1.54) is 47.2 Å². The van der Waals surface area contributed by atoms with Gasteiger partial charge in [-0.3, -0.25) is 4.57 Å². The summed E-state index contributed by atoms with van der Waals surface area (Å²) in [6, 6.07) is 34.3. The van der Waals surface area contributed by atoms with Crippen LogP contribution in [0.15, 0.2) is 103 Å². The topological polar surface area (TPSA) is 30.7 Å². The predicted octanol–water partition coefficient (Wildman–Crippen LogP) is 8.20. The van der Waals surface area contributed by atoms with E-state index in [1.807, 2.05) is 41.8 Å². The molecule has 0 bridgehead atoms. The Hall–Kier alpha value is -4.28. The maximum Gasteiger partial charge on any atom is 0.235 e. The molecular weight excluding hydrogens is 434 g/mol. The first-order valence-corrected chi connectivity index (χ1v) is 12.2. The third-order valence-electron chi connectivity index (χ3n) is 6.82. The molecule has 3 nitrogen and oxygen atoms in total. The third kappa shape index (κ3) is 2.35. The average molecular weight is 452 g/mol. The molecule has 0 amide bonds. The van der Waals surface area contributed by atoms with Gasteiger partial charge >= 0.3 is 0 Å². The summed E-state index contributed by atoms with van der Waals surface area (Å²) in [6.07, 6.45) is 1.87. The van der Waals surface area contributed by atoms with Crippen LogP contribution >= 0.6 is 11.3 Å². The van der Waals surface area contributed by atoms with E-state index < -0.39 is 0 Å². The number of hydrogen-bond acceptors (Lipinski definition) is 3. The maximum atomic E-state index is 5.07. The minimum absolute atomic E-state index is 0.703. The second kappa shape index (κ2) is 6.62. The Morgan fingerprint density at radius 2 is 1.50 bits per heavy atom. The number of nitrogens with zero attached hydrogens (tertiary/aromatic N) is 3. The Morgan fingerprint density at radius 1 is 0.647 bits per heavy atom. The Bertz CT molecular complexity index is 2010. The molecule has 3 heterocycles. The van der Waals surface area contributed by atoms with Crippen molar-refractivity contribution in [3.63, 3.8) is 0 Å². The molecule has 34 heavy (non-hydrogen) atoms. The van der Waals surface area contributed by atoms with Gasteiger partial charge in [0.1, 0.15) is 0 Å². The van der Waals surface area contributed by atoms with Gasteiger partial charge in [0.05, 0.1) is 16.7 Å². The van der Waals surface area contributed by atoms with Crippen LogP contribution in [0.1, 0.15) is 0 Å². The lowest BCUT2D eigenvalue weighted by molar-refractivity contribution is 0.995. The molecule has 8 aromatic rings. The van der Waals surface area contributed by atoms with E-state index in [9.17, 15) is 0 Å². The summed E-state index contributed by atoms with van der Waals surface area (Å²) in [5.74, 6) is 0.703. The molecule has 0 spiro atoms. The van der Waals surface area contributed by atoms with Crippen molar-refractivity contribution in [2.24, 2.45) is 0 Å². The zero-order valence-electron chi connectivity index (χ0n) is 18.1. The highest BCUT2D eigenvalue weighted by Gasteiger charge is 2.22. The van der Waals surface area contributed by atoms with Crippen molar-refractivity contribution in [2.45, 2.75) is 0 Å². The highest BCUT2D eigenvalue weighted by Crippen LogP contribution is 2.46. The maximum absolute atomic E-state index is 5.07. The van der Waals surface area contributed by atoms with Gasteiger partial charge in [-0.25, -0.2) is 9.97 Å². The number of benzene rings is 5. The van der Waals surface area contributed by atoms with Crippen LogP contribution < -0.4 is 0 Å². The van der Waals surface area contributed by atoms with E-state index in [0.717, 1.165) is 16.8 Å². The predicted molar refractivity (Wildman–Crippen MR) is 143 cm³/mol. The molecule has 0 aliphatic heterocycles. The molecule has 5 aromatic carbocycles. The standard InChI is InChI=1S/C30H17N3S/c1-2-7-18(8-3-1)22-15-16-31-30(32-22)33-23-11-6-9-19-13-14-20-17-25-28(29(33)27(20)26(19)23)21-10-4-5-12-24(21)34-25/h1-17H. The third-order valence-corrected chi connectivity index (χ3v) is 7.93. The Labute approximate surface area is 198 Å². The molecule has 0 unspecified atom stereocenters. The van der Waals surface area contributed by atoms with Crippen molar-refractivity contribution in [1.29, 1.82) is 0 Å². The monoisotopic (exact) mass is 451 g/mol. The molecule has 8 rings (SSSR count). The second-order valence-corrected chi connectivity index (χ2v) is 9.76. The fourth-order valence-corrected chi connectivity index (χ4v) is 6.55. The number of aromatic nitrogens is 3. The molecule has 3 aromatic heterocycles. The molecule has 0 fully saturated rings. The van der Waals surface area contributed by atoms with Crippen LogP contribution in [-0.2, 0) is 0 Å². The van der Waals surface area contributed by atoms with Gasteiger partial charge in [0.25, 0.3) is 0 Å². The van der Waals surface area contributed by atoms with Crippen molar-refractivity contribution in [1.82, 2.24) is 14.5 Å². The lowest BCUT2D eigenvalue weighted by atomic mass is 10.00. The van der Waals surface area contributed by atoms with Crippen LogP contribution in [0.25, 0.3) is 70.0 Å². The number of rotatable bonds is 2. The van der Waals surface area contributed by atoms with Crippen molar-refractivity contribution < 1.29 is 0 Å². The van der Waals surface area contributed by atoms with Gasteiger partial charge in [-0.05, 0) is 35.0 Å². The molecular formula is C30H17N3S. The van der Waals surface area contributed by atoms with Gasteiger partial charge in [0, 0.05) is 42.7 Å². The number of fused-ring (bicyclic) bond motifs is 4. The smallest absolute Gasteiger partial charge is 0.235 e. The molecule has 0 N–H and O–H groups in total. The summed E-state index contributed by atoms with van der Waals surface area (Å²) >= 11 is 1.85. The second-order valence-electron chi connectivity index (χ2n) is 8.68. The van der Waals surface area contributed by atoms with Gasteiger partial charge in [-0.15, -0.1) is 11.3 Å². The van der Waals surface area contributed by atoms with Gasteiger partial charge in [-0.1, -0.05) is 72.8 Å². The fourth-order valence-electron chi connectivity index (χ4n) is 5.39. The van der Waals surface area contributed by atoms with E-state index in [4.69, 9.17) is 9.97 Å². The van der Waals surface area contributed by atoms with Crippen LogP contribution in [0.4, 0.5) is 0 Å². The first-order chi connectivity index (χ1) is 16.9. The zero-order valence-corrected chi connectivity index (χ0v) is 18.9. The molecule has 0 saturated heterocycles. The van der Waals surface area contributed by atoms with E-state index in [2.05, 4.69) is 77.4 Å². The van der Waals surface area contributed by atoms with Crippen molar-refractivity contribution in [3.8, 4) is 17.2 Å². The zero-order chi connectivity index (χ0) is 22.2. The summed E-state index contributed by atoms with van der Waals surface area (Å²) in [6.45, 7) is 0. The van der Waals surface area contributed by atoms with Gasteiger partial charge in [-0.2, -0.15) is 0 Å². The molecule has 158 valence electrons. The van der Waals surface area contributed by atoms with Crippen LogP contribution in [-0.4, -0.2) is 14.5 Å². The SMILES string of the molecule is c1ccc(-c2ccnc(-n3c4cccc5ccc6cc7sc8ccccc8c7c3c6c54)n2)cc1. The largest absolute Gasteiger partial charge is 0.277 e. The number of hydrogen-bond donors (Lipinski definition) is 0. The minimum Gasteiger partial charge on any atom is -0.277 e. The molecule has 0 aliphatic rings. The van der Waals surface area contributed by atoms with E-state index in [-0.39, 0.29) is 0 Å². The highest BCUT2D eigenvalue weighted by molar-refractivity contribution is 7.26. The number of thiophene rings is 1. The Balaban J connectivity index is 1.60. The van der Waals surface area contributed by atoms with Gasteiger partial charge in [0.15, 0.2) is 0 Å². The van der Waals surface area contributed by atoms with Crippen molar-refractivity contribution in [3.05, 3.63) is 103 Å². The van der Waals surface area contributed by atoms with Crippen LogP contribution in [0.2, 0.25) is 0 Å². The first-order valence-electron chi connectivity index (χ1n) is 11.4. The first kappa shape index (κ1) is 18.2. The van der Waals surface area contributed by atoms with Crippen LogP contribution in [0.5, 0.6) is 0 Å². The normalized spacial score (nSPS) is 12.1. The average Bonchev–Trinajstić information content (AvgIpc) is 3.44. The molecule has 0 saturated carbocycles. The minimum atomic E-state index is 0.703. The molecule has 4 heteroatoms. The highest BCUT2D eigenvalue weighted by atomic mass is 32.1. The van der Waals surface area contributed by atoms with Crippen LogP contribution in [0.3, 0.4) is 0 Å². The summed E-state index contributed by atoms with van der Waals surface area (Å²) in [5, 5.41) is 7.64. The summed E-state index contributed by atoms with van der Waals surface area (Å²) in [5.41, 5.74) is 4.35. The lowest BCUT2D eigenvalue weighted by Crippen LogP contribution is -2.01. The van der Waals surface area contributed by atoms with Crippen LogP contribution in [0, 0.1) is 0 Å². The molecule has 0 aliphatic carbocycles. The lowest BCUT2D eigenvalue weighted by Gasteiger charge is -2.09. The van der Waals surface area contributed by atoms with Crippen molar-refractivity contribution >= 4 is 64.1 Å². The van der Waals surface area contributed by atoms with E-state index in [1.54, 1.807) is 0 Å². The summed E-state index contributed by atoms with van der Waals surface area (Å²) in [7, 11) is 0. The van der Waals surface area contributed by atoms with E-state index >= 15 is 0 Å². The summed E-state index contributed by atoms with van der Waals surface area (Å²) in [4.78, 5) is 9.87.